The second kappa shape index (κ2) is 8.97. The molecule has 1 aromatic rings. The number of carbonyl (C=O) groups excluding carboxylic acids is 2. The number of thiophene rings is 1. The van der Waals surface area contributed by atoms with E-state index in [2.05, 4.69) is 22.0 Å². The van der Waals surface area contributed by atoms with Crippen molar-refractivity contribution in [1.82, 2.24) is 9.80 Å². The zero-order chi connectivity index (χ0) is 18.5. The first kappa shape index (κ1) is 19.3. The maximum Gasteiger partial charge on any atom is 0.341 e. The highest BCUT2D eigenvalue weighted by atomic mass is 32.1. The van der Waals surface area contributed by atoms with Gasteiger partial charge in [0.25, 0.3) is 0 Å². The van der Waals surface area contributed by atoms with Gasteiger partial charge in [0, 0.05) is 44.0 Å². The molecule has 1 saturated heterocycles. The molecule has 1 aliphatic heterocycles. The molecular weight excluding hydrogens is 350 g/mol. The van der Waals surface area contributed by atoms with Gasteiger partial charge in [0.2, 0.25) is 5.91 Å². The molecule has 144 valence electrons. The van der Waals surface area contributed by atoms with Gasteiger partial charge in [-0.05, 0) is 37.8 Å². The SMILES string of the molecule is CCN1CCN(CCC(=O)Nc2sc3c(c2C(=O)OC)CCCC3)CC1. The van der Waals surface area contributed by atoms with Gasteiger partial charge in [-0.3, -0.25) is 4.79 Å². The third-order valence-corrected chi connectivity index (χ3v) is 6.59. The molecule has 26 heavy (non-hydrogen) atoms. The molecule has 1 fully saturated rings. The topological polar surface area (TPSA) is 61.9 Å². The summed E-state index contributed by atoms with van der Waals surface area (Å²) < 4.78 is 4.96. The van der Waals surface area contributed by atoms with Crippen molar-refractivity contribution in [3.8, 4) is 0 Å². The number of esters is 1. The Bertz CT molecular complexity index is 651. The first-order chi connectivity index (χ1) is 12.6. The van der Waals surface area contributed by atoms with E-state index in [-0.39, 0.29) is 11.9 Å². The first-order valence-corrected chi connectivity index (χ1v) is 10.4. The van der Waals surface area contributed by atoms with Gasteiger partial charge < -0.3 is 19.9 Å². The summed E-state index contributed by atoms with van der Waals surface area (Å²) in [5, 5.41) is 3.66. The number of ether oxygens (including phenoxy) is 1. The van der Waals surface area contributed by atoms with E-state index in [0.717, 1.165) is 70.5 Å². The third kappa shape index (κ3) is 4.45. The predicted octanol–water partition coefficient (Wildman–Crippen LogP) is 2.38. The normalized spacial score (nSPS) is 18.4. The third-order valence-electron chi connectivity index (χ3n) is 5.38. The molecule has 1 N–H and O–H groups in total. The molecule has 0 bridgehead atoms. The molecule has 7 heteroatoms. The Balaban J connectivity index is 1.59. The smallest absolute Gasteiger partial charge is 0.341 e. The van der Waals surface area contributed by atoms with Crippen LogP contribution >= 0.6 is 11.3 Å². The number of aryl methyl sites for hydroxylation is 1. The Morgan fingerprint density at radius 2 is 1.81 bits per heavy atom. The van der Waals surface area contributed by atoms with Crippen molar-refractivity contribution >= 4 is 28.2 Å². The minimum Gasteiger partial charge on any atom is -0.465 e. The highest BCUT2D eigenvalue weighted by Crippen LogP contribution is 2.38. The van der Waals surface area contributed by atoms with Crippen LogP contribution in [0.2, 0.25) is 0 Å². The quantitative estimate of drug-likeness (QED) is 0.769. The number of hydrogen-bond donors (Lipinski definition) is 1. The Morgan fingerprint density at radius 1 is 1.12 bits per heavy atom. The van der Waals surface area contributed by atoms with Crippen molar-refractivity contribution in [3.63, 3.8) is 0 Å². The van der Waals surface area contributed by atoms with E-state index in [0.29, 0.717) is 17.0 Å². The number of carbonyl (C=O) groups is 2. The molecule has 2 heterocycles. The van der Waals surface area contributed by atoms with Gasteiger partial charge in [0.05, 0.1) is 12.7 Å². The van der Waals surface area contributed by atoms with Crippen LogP contribution in [0.4, 0.5) is 5.00 Å². The molecule has 0 atom stereocenters. The lowest BCUT2D eigenvalue weighted by Gasteiger charge is -2.33. The molecule has 6 nitrogen and oxygen atoms in total. The molecule has 0 aromatic carbocycles. The summed E-state index contributed by atoms with van der Waals surface area (Å²) in [6.45, 7) is 8.21. The van der Waals surface area contributed by atoms with Crippen LogP contribution in [0.5, 0.6) is 0 Å². The Hall–Kier alpha value is -1.44. The van der Waals surface area contributed by atoms with Crippen LogP contribution < -0.4 is 5.32 Å². The van der Waals surface area contributed by atoms with Crippen LogP contribution in [-0.4, -0.2) is 68.1 Å². The lowest BCUT2D eigenvalue weighted by molar-refractivity contribution is -0.116. The van der Waals surface area contributed by atoms with Gasteiger partial charge in [0.15, 0.2) is 0 Å². The lowest BCUT2D eigenvalue weighted by Crippen LogP contribution is -2.46. The van der Waals surface area contributed by atoms with Gasteiger partial charge in [-0.15, -0.1) is 11.3 Å². The van der Waals surface area contributed by atoms with E-state index in [4.69, 9.17) is 4.74 Å². The average Bonchev–Trinajstić information content (AvgIpc) is 3.03. The number of hydrogen-bond acceptors (Lipinski definition) is 6. The Kier molecular flexibility index (Phi) is 6.67. The van der Waals surface area contributed by atoms with Gasteiger partial charge in [0.1, 0.15) is 5.00 Å². The van der Waals surface area contributed by atoms with Crippen molar-refractivity contribution in [3.05, 3.63) is 16.0 Å². The number of nitrogens with zero attached hydrogens (tertiary/aromatic N) is 2. The molecule has 3 rings (SSSR count). The van der Waals surface area contributed by atoms with E-state index in [1.54, 1.807) is 11.3 Å². The zero-order valence-corrected chi connectivity index (χ0v) is 16.6. The molecule has 1 amide bonds. The van der Waals surface area contributed by atoms with E-state index < -0.39 is 0 Å². The van der Waals surface area contributed by atoms with E-state index in [1.807, 2.05) is 0 Å². The minimum absolute atomic E-state index is 0.0216. The number of fused-ring (bicyclic) bond motifs is 1. The van der Waals surface area contributed by atoms with E-state index >= 15 is 0 Å². The first-order valence-electron chi connectivity index (χ1n) is 9.59. The molecule has 0 unspecified atom stereocenters. The second-order valence-corrected chi connectivity index (χ2v) is 8.09. The highest BCUT2D eigenvalue weighted by Gasteiger charge is 2.27. The van der Waals surface area contributed by atoms with Gasteiger partial charge in [-0.2, -0.15) is 0 Å². The number of likely N-dealkylation sites (N-methyl/N-ethyl adjacent to an activating group) is 1. The van der Waals surface area contributed by atoms with Crippen LogP contribution in [0.1, 0.15) is 47.0 Å². The molecule has 0 radical (unpaired) electrons. The number of rotatable bonds is 6. The lowest BCUT2D eigenvalue weighted by atomic mass is 9.95. The zero-order valence-electron chi connectivity index (χ0n) is 15.8. The number of anilines is 1. The van der Waals surface area contributed by atoms with Crippen LogP contribution in [0.25, 0.3) is 0 Å². The molecule has 1 aromatic heterocycles. The summed E-state index contributed by atoms with van der Waals surface area (Å²) in [6.07, 6.45) is 4.57. The fourth-order valence-electron chi connectivity index (χ4n) is 3.75. The van der Waals surface area contributed by atoms with E-state index in [1.165, 1.54) is 12.0 Å². The number of nitrogens with one attached hydrogen (secondary N) is 1. The number of methoxy groups -OCH3 is 1. The highest BCUT2D eigenvalue weighted by molar-refractivity contribution is 7.17. The van der Waals surface area contributed by atoms with Crippen LogP contribution in [0.15, 0.2) is 0 Å². The molecule has 0 spiro atoms. The number of amides is 1. The Morgan fingerprint density at radius 3 is 2.50 bits per heavy atom. The summed E-state index contributed by atoms with van der Waals surface area (Å²) >= 11 is 1.55. The summed E-state index contributed by atoms with van der Waals surface area (Å²) in [4.78, 5) is 30.7. The largest absolute Gasteiger partial charge is 0.465 e. The predicted molar refractivity (Wildman–Crippen MR) is 104 cm³/mol. The molecule has 1 aliphatic carbocycles. The van der Waals surface area contributed by atoms with Crippen molar-refractivity contribution in [2.24, 2.45) is 0 Å². The minimum atomic E-state index is -0.338. The molecular formula is C19H29N3O3S. The Labute approximate surface area is 159 Å². The fourth-order valence-corrected chi connectivity index (χ4v) is 5.04. The van der Waals surface area contributed by atoms with Crippen LogP contribution in [0, 0.1) is 0 Å². The summed E-state index contributed by atoms with van der Waals surface area (Å²) in [5.74, 6) is -0.359. The van der Waals surface area contributed by atoms with E-state index in [9.17, 15) is 9.59 Å². The molecule has 0 saturated carbocycles. The van der Waals surface area contributed by atoms with Crippen molar-refractivity contribution in [1.29, 1.82) is 0 Å². The fraction of sp³-hybridized carbons (Fsp3) is 0.684. The van der Waals surface area contributed by atoms with Crippen molar-refractivity contribution < 1.29 is 14.3 Å². The van der Waals surface area contributed by atoms with Crippen molar-refractivity contribution in [2.75, 3.05) is 51.7 Å². The van der Waals surface area contributed by atoms with Gasteiger partial charge in [-0.1, -0.05) is 6.92 Å². The molecule has 2 aliphatic rings. The van der Waals surface area contributed by atoms with Crippen LogP contribution in [0.3, 0.4) is 0 Å². The second-order valence-electron chi connectivity index (χ2n) is 6.98. The summed E-state index contributed by atoms with van der Waals surface area (Å²) in [7, 11) is 1.40. The van der Waals surface area contributed by atoms with Crippen molar-refractivity contribution in [2.45, 2.75) is 39.0 Å². The average molecular weight is 380 g/mol. The summed E-state index contributed by atoms with van der Waals surface area (Å²) in [5.41, 5.74) is 1.66. The monoisotopic (exact) mass is 379 g/mol. The number of piperazine rings is 1. The van der Waals surface area contributed by atoms with Gasteiger partial charge in [-0.25, -0.2) is 4.79 Å². The maximum atomic E-state index is 12.5. The summed E-state index contributed by atoms with van der Waals surface area (Å²) in [6, 6.07) is 0. The maximum absolute atomic E-state index is 12.5. The van der Waals surface area contributed by atoms with Crippen LogP contribution in [-0.2, 0) is 22.4 Å². The standard InChI is InChI=1S/C19H29N3O3S/c1-3-21-10-12-22(13-11-21)9-8-16(23)20-18-17(19(24)25-2)14-6-4-5-7-15(14)26-18/h3-13H2,1-2H3,(H,20,23). The van der Waals surface area contributed by atoms with Gasteiger partial charge >= 0.3 is 5.97 Å².